The van der Waals surface area contributed by atoms with Crippen LogP contribution >= 0.6 is 0 Å². The van der Waals surface area contributed by atoms with E-state index >= 15 is 0 Å². The van der Waals surface area contributed by atoms with Crippen LogP contribution in [0.15, 0.2) is 40.9 Å². The number of nitrogens with two attached hydrogens (primary N) is 1. The maximum atomic E-state index is 12.5. The molecule has 182 valence electrons. The average Bonchev–Trinajstić information content (AvgIpc) is 2.82. The van der Waals surface area contributed by atoms with Crippen molar-refractivity contribution in [2.45, 2.75) is 12.8 Å². The van der Waals surface area contributed by atoms with Crippen LogP contribution in [0.5, 0.6) is 5.75 Å². The molecule has 1 amide bonds. The Hall–Kier alpha value is -3.18. The fraction of sp³-hybridized carbons (Fsp3) is 0.435. The summed E-state index contributed by atoms with van der Waals surface area (Å²) in [5.41, 5.74) is 7.92. The molecular weight excluding hydrogens is 454 g/mol. The molecule has 11 heteroatoms. The van der Waals surface area contributed by atoms with Crippen molar-refractivity contribution in [3.63, 3.8) is 0 Å². The van der Waals surface area contributed by atoms with Crippen LogP contribution in [-0.4, -0.2) is 72.7 Å². The van der Waals surface area contributed by atoms with Crippen molar-refractivity contribution in [3.05, 3.63) is 47.7 Å². The third kappa shape index (κ3) is 5.84. The molecule has 0 radical (unpaired) electrons. The topological polar surface area (TPSA) is 125 Å². The lowest BCUT2D eigenvalue weighted by Gasteiger charge is -2.33. The second-order valence-corrected chi connectivity index (χ2v) is 9.62. The number of carbonyl (C=O) groups is 1. The number of hydrogen-bond donors (Lipinski definition) is 3. The first-order valence-corrected chi connectivity index (χ1v) is 12.4. The predicted molar refractivity (Wildman–Crippen MR) is 134 cm³/mol. The number of likely N-dealkylation sites (N-methyl/N-ethyl adjacent to an activating group) is 1. The van der Waals surface area contributed by atoms with E-state index in [0.717, 1.165) is 38.3 Å². The maximum absolute atomic E-state index is 12.5. The Morgan fingerprint density at radius 2 is 2.24 bits per heavy atom. The molecule has 2 aromatic rings. The Morgan fingerprint density at radius 1 is 1.38 bits per heavy atom. The number of amidine groups is 1. The molecule has 2 aliphatic rings. The van der Waals surface area contributed by atoms with Crippen molar-refractivity contribution >= 4 is 34.4 Å². The van der Waals surface area contributed by atoms with Crippen LogP contribution in [0.3, 0.4) is 0 Å². The minimum atomic E-state index is -1.57. The number of rotatable bonds is 8. The van der Waals surface area contributed by atoms with Gasteiger partial charge in [-0.2, -0.15) is 4.40 Å². The van der Waals surface area contributed by atoms with Crippen molar-refractivity contribution in [2.75, 3.05) is 56.5 Å². The summed E-state index contributed by atoms with van der Waals surface area (Å²) in [6.45, 7) is 3.54. The molecule has 0 bridgehead atoms. The van der Waals surface area contributed by atoms with Crippen LogP contribution < -0.4 is 25.4 Å². The van der Waals surface area contributed by atoms with Gasteiger partial charge in [0, 0.05) is 43.9 Å². The minimum absolute atomic E-state index is 0.0926. The number of pyridine rings is 1. The molecule has 0 aliphatic carbocycles. The number of anilines is 2. The summed E-state index contributed by atoms with van der Waals surface area (Å²) < 4.78 is 24.6. The minimum Gasteiger partial charge on any atom is -0.492 e. The van der Waals surface area contributed by atoms with Crippen LogP contribution in [0.2, 0.25) is 0 Å². The second kappa shape index (κ2) is 10.8. The van der Waals surface area contributed by atoms with Gasteiger partial charge in [-0.15, -0.1) is 0 Å². The highest BCUT2D eigenvalue weighted by Gasteiger charge is 2.24. The summed E-state index contributed by atoms with van der Waals surface area (Å²) in [6.07, 6.45) is 3.72. The van der Waals surface area contributed by atoms with Gasteiger partial charge < -0.3 is 25.6 Å². The molecule has 10 nitrogen and oxygen atoms in total. The van der Waals surface area contributed by atoms with Crippen molar-refractivity contribution in [1.29, 1.82) is 0 Å². The Morgan fingerprint density at radius 3 is 3.06 bits per heavy atom. The first kappa shape index (κ1) is 24.0. The van der Waals surface area contributed by atoms with Gasteiger partial charge in [-0.05, 0) is 51.2 Å². The first-order chi connectivity index (χ1) is 16.4. The Bertz CT molecular complexity index is 1090. The number of nitrogens with one attached hydrogen (secondary N) is 2. The molecule has 1 saturated heterocycles. The number of ether oxygens (including phenoxy) is 1. The number of piperidine rings is 1. The molecule has 3 heterocycles. The third-order valence-electron chi connectivity index (χ3n) is 5.83. The average molecular weight is 486 g/mol. The summed E-state index contributed by atoms with van der Waals surface area (Å²) in [4.78, 5) is 21.2. The van der Waals surface area contributed by atoms with Gasteiger partial charge in [0.05, 0.1) is 17.9 Å². The molecular formula is C23H31N7O3S. The van der Waals surface area contributed by atoms with Gasteiger partial charge >= 0.3 is 0 Å². The number of nitrogens with zero attached hydrogens (tertiary/aromatic N) is 4. The third-order valence-corrected chi connectivity index (χ3v) is 6.59. The highest BCUT2D eigenvalue weighted by atomic mass is 32.2. The monoisotopic (exact) mass is 485 g/mol. The lowest BCUT2D eigenvalue weighted by Crippen LogP contribution is -2.38. The number of hydrogen-bond acceptors (Lipinski definition) is 7. The predicted octanol–water partition coefficient (Wildman–Crippen LogP) is 1.38. The Labute approximate surface area is 202 Å². The second-order valence-electron chi connectivity index (χ2n) is 8.73. The molecule has 1 aromatic carbocycles. The van der Waals surface area contributed by atoms with Gasteiger partial charge in [0.2, 0.25) is 11.2 Å². The van der Waals surface area contributed by atoms with E-state index in [-0.39, 0.29) is 17.7 Å². The van der Waals surface area contributed by atoms with E-state index < -0.39 is 11.2 Å². The molecule has 1 fully saturated rings. The van der Waals surface area contributed by atoms with Crippen LogP contribution in [0.25, 0.3) is 0 Å². The van der Waals surface area contributed by atoms with Crippen molar-refractivity contribution in [3.8, 4) is 5.75 Å². The summed E-state index contributed by atoms with van der Waals surface area (Å²) in [7, 11) is 3.95. The van der Waals surface area contributed by atoms with E-state index in [0.29, 0.717) is 35.7 Å². The highest BCUT2D eigenvalue weighted by molar-refractivity contribution is 7.85. The normalized spacial score (nSPS) is 19.7. The van der Waals surface area contributed by atoms with Gasteiger partial charge in [0.15, 0.2) is 0 Å². The van der Waals surface area contributed by atoms with Crippen molar-refractivity contribution in [1.82, 2.24) is 15.2 Å². The van der Waals surface area contributed by atoms with Crippen LogP contribution in [0.4, 0.5) is 11.5 Å². The molecule has 0 spiro atoms. The van der Waals surface area contributed by atoms with E-state index in [1.807, 2.05) is 37.2 Å². The summed E-state index contributed by atoms with van der Waals surface area (Å²) >= 11 is -1.57. The zero-order chi connectivity index (χ0) is 24.1. The zero-order valence-corrected chi connectivity index (χ0v) is 20.3. The summed E-state index contributed by atoms with van der Waals surface area (Å²) in [5.74, 6) is 1.82. The fourth-order valence-corrected chi connectivity index (χ4v) is 4.77. The van der Waals surface area contributed by atoms with Crippen LogP contribution in [0, 0.1) is 5.92 Å². The number of carbonyl (C=O) groups excluding carboxylic acids is 1. The molecule has 1 aromatic heterocycles. The van der Waals surface area contributed by atoms with Gasteiger partial charge in [-0.3, -0.25) is 9.52 Å². The highest BCUT2D eigenvalue weighted by Crippen LogP contribution is 2.31. The first-order valence-electron chi connectivity index (χ1n) is 11.3. The molecule has 4 rings (SSSR count). The molecule has 2 unspecified atom stereocenters. The van der Waals surface area contributed by atoms with E-state index in [4.69, 9.17) is 10.5 Å². The SMILES string of the molecule is CN(C)CCNC(=O)c1ccnc(N2CCCC(COc3cccc4c3C(N)=NS(=O)N4)C2)c1. The lowest BCUT2D eigenvalue weighted by molar-refractivity contribution is 0.0951. The number of amides is 1. The molecule has 2 atom stereocenters. The van der Waals surface area contributed by atoms with Crippen LogP contribution in [-0.2, 0) is 11.2 Å². The van der Waals surface area contributed by atoms with Gasteiger partial charge in [-0.1, -0.05) is 6.07 Å². The van der Waals surface area contributed by atoms with Gasteiger partial charge in [0.1, 0.15) is 17.4 Å². The van der Waals surface area contributed by atoms with E-state index in [1.165, 1.54) is 0 Å². The smallest absolute Gasteiger partial charge is 0.251 e. The quantitative estimate of drug-likeness (QED) is 0.516. The number of fused-ring (bicyclic) bond motifs is 1. The number of aromatic nitrogens is 1. The Balaban J connectivity index is 1.38. The summed E-state index contributed by atoms with van der Waals surface area (Å²) in [6, 6.07) is 9.08. The van der Waals surface area contributed by atoms with Crippen LogP contribution in [0.1, 0.15) is 28.8 Å². The molecule has 34 heavy (non-hydrogen) atoms. The van der Waals surface area contributed by atoms with E-state index in [1.54, 1.807) is 18.3 Å². The van der Waals surface area contributed by atoms with E-state index in [9.17, 15) is 9.00 Å². The standard InChI is InChI=1S/C23H31N7O3S/c1-29(2)12-10-26-23(31)17-8-9-25-20(13-17)30-11-4-5-16(14-30)15-33-19-7-3-6-18-21(19)22(24)28-34(32)27-18/h3,6-9,13,16,27H,4-5,10-12,14-15H2,1-2H3,(H2,24,28)(H,26,31). The summed E-state index contributed by atoms with van der Waals surface area (Å²) in [5, 5.41) is 2.95. The van der Waals surface area contributed by atoms with Crippen molar-refractivity contribution in [2.24, 2.45) is 16.0 Å². The number of benzene rings is 1. The fourth-order valence-electron chi connectivity index (χ4n) is 4.10. The lowest BCUT2D eigenvalue weighted by atomic mass is 9.98. The largest absolute Gasteiger partial charge is 0.492 e. The van der Waals surface area contributed by atoms with Gasteiger partial charge in [0.25, 0.3) is 5.91 Å². The molecule has 4 N–H and O–H groups in total. The maximum Gasteiger partial charge on any atom is 0.251 e. The zero-order valence-electron chi connectivity index (χ0n) is 19.5. The van der Waals surface area contributed by atoms with Gasteiger partial charge in [-0.25, -0.2) is 9.19 Å². The molecule has 2 aliphatic heterocycles. The Kier molecular flexibility index (Phi) is 7.63. The van der Waals surface area contributed by atoms with Crippen molar-refractivity contribution < 1.29 is 13.7 Å². The van der Waals surface area contributed by atoms with E-state index in [2.05, 4.69) is 24.3 Å². The molecule has 0 saturated carbocycles.